The van der Waals surface area contributed by atoms with Gasteiger partial charge in [-0.2, -0.15) is 0 Å². The van der Waals surface area contributed by atoms with Gasteiger partial charge in [0.25, 0.3) is 0 Å². The maximum absolute atomic E-state index is 11.2. The second-order valence-electron chi connectivity index (χ2n) is 2.35. The van der Waals surface area contributed by atoms with Gasteiger partial charge in [0.1, 0.15) is 0 Å². The maximum Gasteiger partial charge on any atom is 0.338 e. The minimum Gasteiger partial charge on any atom is -0.462 e. The average Bonchev–Trinajstić information content (AvgIpc) is 2.10. The molecule has 0 radical (unpaired) electrons. The lowest BCUT2D eigenvalue weighted by atomic mass is 10.2. The summed E-state index contributed by atoms with van der Waals surface area (Å²) >= 11 is 9.04. The lowest BCUT2D eigenvalue weighted by Crippen LogP contribution is -2.04. The van der Waals surface area contributed by atoms with Gasteiger partial charge in [-0.25, -0.2) is 4.79 Å². The van der Waals surface area contributed by atoms with Crippen LogP contribution in [0, 0.1) is 0 Å². The molecule has 13 heavy (non-hydrogen) atoms. The second-order valence-corrected chi connectivity index (χ2v) is 3.61. The third-order valence-electron chi connectivity index (χ3n) is 1.43. The average molecular weight is 264 g/mol. The van der Waals surface area contributed by atoms with Crippen LogP contribution in [0.5, 0.6) is 0 Å². The fourth-order valence-electron chi connectivity index (χ4n) is 0.838. The molecule has 1 rings (SSSR count). The van der Waals surface area contributed by atoms with Gasteiger partial charge in [0.05, 0.1) is 17.2 Å². The minimum atomic E-state index is -0.350. The Morgan fingerprint density at radius 3 is 2.85 bits per heavy atom. The van der Waals surface area contributed by atoms with Gasteiger partial charge < -0.3 is 4.74 Å². The number of esters is 1. The molecule has 2 nitrogen and oxygen atoms in total. The van der Waals surface area contributed by atoms with Crippen LogP contribution in [0.25, 0.3) is 0 Å². The largest absolute Gasteiger partial charge is 0.462 e. The number of hydrogen-bond donors (Lipinski definition) is 0. The van der Waals surface area contributed by atoms with Gasteiger partial charge in [0.15, 0.2) is 0 Å². The third kappa shape index (κ3) is 2.71. The van der Waals surface area contributed by atoms with Crippen LogP contribution in [-0.4, -0.2) is 12.6 Å². The van der Waals surface area contributed by atoms with Crippen LogP contribution in [0.4, 0.5) is 0 Å². The van der Waals surface area contributed by atoms with Crippen LogP contribution in [-0.2, 0) is 4.74 Å². The van der Waals surface area contributed by atoms with E-state index in [1.807, 2.05) is 0 Å². The van der Waals surface area contributed by atoms with Crippen LogP contribution in [0.2, 0.25) is 5.02 Å². The van der Waals surface area contributed by atoms with Crippen molar-refractivity contribution in [2.45, 2.75) is 6.92 Å². The number of rotatable bonds is 2. The molecule has 0 aromatic heterocycles. The summed E-state index contributed by atoms with van der Waals surface area (Å²) in [6.45, 7) is 2.13. The Labute approximate surface area is 90.0 Å². The number of carbonyl (C=O) groups excluding carboxylic acids is 1. The van der Waals surface area contributed by atoms with E-state index in [4.69, 9.17) is 16.3 Å². The lowest BCUT2D eigenvalue weighted by Gasteiger charge is -2.02. The standard InChI is InChI=1S/C9H8BrClO2/c1-2-13-9(12)6-3-4-7(10)8(11)5-6/h3-5H,2H2,1H3. The van der Waals surface area contributed by atoms with Crippen molar-refractivity contribution in [2.24, 2.45) is 0 Å². The molecule has 0 atom stereocenters. The van der Waals surface area contributed by atoms with Crippen LogP contribution in [0.1, 0.15) is 17.3 Å². The van der Waals surface area contributed by atoms with E-state index in [1.54, 1.807) is 25.1 Å². The van der Waals surface area contributed by atoms with Gasteiger partial charge in [-0.05, 0) is 41.1 Å². The number of halogens is 2. The van der Waals surface area contributed by atoms with Gasteiger partial charge in [-0.1, -0.05) is 11.6 Å². The van der Waals surface area contributed by atoms with E-state index in [0.717, 1.165) is 4.47 Å². The van der Waals surface area contributed by atoms with Crippen molar-refractivity contribution < 1.29 is 9.53 Å². The molecule has 1 aromatic rings. The fourth-order valence-corrected chi connectivity index (χ4v) is 1.26. The van der Waals surface area contributed by atoms with Crippen LogP contribution < -0.4 is 0 Å². The Kier molecular flexibility index (Phi) is 3.75. The highest BCUT2D eigenvalue weighted by molar-refractivity contribution is 9.10. The zero-order valence-corrected chi connectivity index (χ0v) is 9.35. The van der Waals surface area contributed by atoms with E-state index in [1.165, 1.54) is 0 Å². The molecular weight excluding hydrogens is 255 g/mol. The summed E-state index contributed by atoms with van der Waals surface area (Å²) in [5.41, 5.74) is 0.468. The summed E-state index contributed by atoms with van der Waals surface area (Å²) in [4.78, 5) is 11.2. The van der Waals surface area contributed by atoms with E-state index in [9.17, 15) is 4.79 Å². The highest BCUT2D eigenvalue weighted by Gasteiger charge is 2.07. The first-order valence-corrected chi connectivity index (χ1v) is 4.94. The number of hydrogen-bond acceptors (Lipinski definition) is 2. The number of carbonyl (C=O) groups is 1. The van der Waals surface area contributed by atoms with Gasteiger partial charge >= 0.3 is 5.97 Å². The van der Waals surface area contributed by atoms with E-state index in [0.29, 0.717) is 17.2 Å². The van der Waals surface area contributed by atoms with E-state index in [-0.39, 0.29) is 5.97 Å². The van der Waals surface area contributed by atoms with E-state index >= 15 is 0 Å². The molecular formula is C9H8BrClO2. The Hall–Kier alpha value is -0.540. The molecule has 0 amide bonds. The smallest absolute Gasteiger partial charge is 0.338 e. The maximum atomic E-state index is 11.2. The van der Waals surface area contributed by atoms with Crippen molar-refractivity contribution in [3.63, 3.8) is 0 Å². The topological polar surface area (TPSA) is 26.3 Å². The number of benzene rings is 1. The molecule has 0 aliphatic carbocycles. The SMILES string of the molecule is CCOC(=O)c1ccc(Br)c(Cl)c1. The van der Waals surface area contributed by atoms with Gasteiger partial charge in [0.2, 0.25) is 0 Å². The Morgan fingerprint density at radius 1 is 1.62 bits per heavy atom. The highest BCUT2D eigenvalue weighted by atomic mass is 79.9. The van der Waals surface area contributed by atoms with Crippen molar-refractivity contribution in [3.05, 3.63) is 33.3 Å². The third-order valence-corrected chi connectivity index (χ3v) is 2.66. The predicted molar refractivity (Wildman–Crippen MR) is 55.1 cm³/mol. The normalized spacial score (nSPS) is 9.77. The summed E-state index contributed by atoms with van der Waals surface area (Å²) in [6.07, 6.45) is 0. The second kappa shape index (κ2) is 4.63. The van der Waals surface area contributed by atoms with Crippen molar-refractivity contribution >= 4 is 33.5 Å². The minimum absolute atomic E-state index is 0.350. The fraction of sp³-hybridized carbons (Fsp3) is 0.222. The Morgan fingerprint density at radius 2 is 2.31 bits per heavy atom. The predicted octanol–water partition coefficient (Wildman–Crippen LogP) is 3.28. The molecule has 4 heteroatoms. The van der Waals surface area contributed by atoms with Crippen LogP contribution in [0.15, 0.2) is 22.7 Å². The van der Waals surface area contributed by atoms with E-state index < -0.39 is 0 Å². The molecule has 0 saturated heterocycles. The summed E-state index contributed by atoms with van der Waals surface area (Å²) < 4.78 is 5.58. The summed E-state index contributed by atoms with van der Waals surface area (Å²) in [6, 6.07) is 4.95. The quantitative estimate of drug-likeness (QED) is 0.766. The molecule has 0 bridgehead atoms. The molecule has 0 heterocycles. The van der Waals surface area contributed by atoms with Gasteiger partial charge in [-0.3, -0.25) is 0 Å². The van der Waals surface area contributed by atoms with Gasteiger partial charge in [-0.15, -0.1) is 0 Å². The molecule has 0 spiro atoms. The molecule has 0 aliphatic heterocycles. The first-order chi connectivity index (χ1) is 6.15. The summed E-state index contributed by atoms with van der Waals surface area (Å²) in [5, 5.41) is 0.505. The number of ether oxygens (including phenoxy) is 1. The Balaban J connectivity index is 2.90. The highest BCUT2D eigenvalue weighted by Crippen LogP contribution is 2.23. The van der Waals surface area contributed by atoms with Crippen molar-refractivity contribution in [2.75, 3.05) is 6.61 Å². The zero-order chi connectivity index (χ0) is 9.84. The molecule has 1 aromatic carbocycles. The molecule has 0 unspecified atom stereocenters. The molecule has 70 valence electrons. The zero-order valence-electron chi connectivity index (χ0n) is 7.01. The first kappa shape index (κ1) is 10.5. The lowest BCUT2D eigenvalue weighted by molar-refractivity contribution is 0.0526. The molecule has 0 N–H and O–H groups in total. The van der Waals surface area contributed by atoms with Crippen molar-refractivity contribution in [3.8, 4) is 0 Å². The van der Waals surface area contributed by atoms with E-state index in [2.05, 4.69) is 15.9 Å². The summed E-state index contributed by atoms with van der Waals surface area (Å²) in [5.74, 6) is -0.350. The van der Waals surface area contributed by atoms with Crippen molar-refractivity contribution in [1.82, 2.24) is 0 Å². The van der Waals surface area contributed by atoms with Crippen LogP contribution >= 0.6 is 27.5 Å². The Bertz CT molecular complexity index is 325. The summed E-state index contributed by atoms with van der Waals surface area (Å²) in [7, 11) is 0. The van der Waals surface area contributed by atoms with Gasteiger partial charge in [0, 0.05) is 4.47 Å². The molecule has 0 fully saturated rings. The first-order valence-electron chi connectivity index (χ1n) is 3.77. The molecule has 0 saturated carbocycles. The molecule has 0 aliphatic rings. The van der Waals surface area contributed by atoms with Crippen molar-refractivity contribution in [1.29, 1.82) is 0 Å². The van der Waals surface area contributed by atoms with Crippen LogP contribution in [0.3, 0.4) is 0 Å². The monoisotopic (exact) mass is 262 g/mol.